The summed E-state index contributed by atoms with van der Waals surface area (Å²) in [6.45, 7) is 0. The summed E-state index contributed by atoms with van der Waals surface area (Å²) in [4.78, 5) is 28.4. The summed E-state index contributed by atoms with van der Waals surface area (Å²) in [6.07, 6.45) is 2.11. The Kier molecular flexibility index (Phi) is 3.24. The number of anilines is 1. The van der Waals surface area contributed by atoms with Gasteiger partial charge < -0.3 is 0 Å². The second-order valence-corrected chi connectivity index (χ2v) is 4.09. The minimum Gasteiger partial charge on any atom is -0.298 e. The predicted octanol–water partition coefficient (Wildman–Crippen LogP) is 1.84. The van der Waals surface area contributed by atoms with Crippen LogP contribution in [-0.4, -0.2) is 20.8 Å². The van der Waals surface area contributed by atoms with Gasteiger partial charge in [-0.05, 0) is 23.5 Å². The lowest BCUT2D eigenvalue weighted by molar-refractivity contribution is -0.380. The van der Waals surface area contributed by atoms with Crippen molar-refractivity contribution in [2.45, 2.75) is 0 Å². The molecule has 18 heavy (non-hydrogen) atoms. The van der Waals surface area contributed by atoms with Crippen molar-refractivity contribution in [2.24, 2.45) is 0 Å². The highest BCUT2D eigenvalue weighted by Crippen LogP contribution is 2.25. The number of hydrogen-bond acceptors (Lipinski definition) is 6. The molecule has 0 saturated carbocycles. The number of thiazole rings is 1. The zero-order chi connectivity index (χ0) is 13.1. The van der Waals surface area contributed by atoms with Gasteiger partial charge in [0.05, 0.1) is 10.5 Å². The maximum atomic E-state index is 12.5. The van der Waals surface area contributed by atoms with Gasteiger partial charge in [0, 0.05) is 6.20 Å². The Morgan fingerprint density at radius 1 is 1.39 bits per heavy atom. The lowest BCUT2D eigenvalue weighted by atomic mass is 10.3. The molecule has 0 saturated heterocycles. The molecule has 2 aromatic rings. The molecule has 0 aliphatic carbocycles. The zero-order valence-electron chi connectivity index (χ0n) is 8.66. The van der Waals surface area contributed by atoms with Crippen LogP contribution < -0.4 is 5.32 Å². The van der Waals surface area contributed by atoms with E-state index >= 15 is 0 Å². The highest BCUT2D eigenvalue weighted by atomic mass is 32.1. The van der Waals surface area contributed by atoms with Gasteiger partial charge in [-0.3, -0.25) is 20.2 Å². The van der Waals surface area contributed by atoms with E-state index in [4.69, 9.17) is 0 Å². The number of carbonyl (C=O) groups is 1. The van der Waals surface area contributed by atoms with Gasteiger partial charge in [-0.1, -0.05) is 0 Å². The summed E-state index contributed by atoms with van der Waals surface area (Å²) in [5, 5.41) is 12.7. The van der Waals surface area contributed by atoms with Gasteiger partial charge in [0.25, 0.3) is 5.91 Å². The number of halogens is 1. The van der Waals surface area contributed by atoms with E-state index in [1.807, 2.05) is 0 Å². The standard InChI is InChI=1S/C9H5FN4O3S/c10-6-2-1-5(3-11-6)8(15)13-9-12-4-7(18-9)14(16)17/h1-4H,(H,12,13,15). The third kappa shape index (κ3) is 2.63. The van der Waals surface area contributed by atoms with Gasteiger partial charge in [0.1, 0.15) is 6.20 Å². The van der Waals surface area contributed by atoms with Crippen molar-refractivity contribution in [1.82, 2.24) is 9.97 Å². The molecule has 0 fully saturated rings. The molecule has 2 heterocycles. The normalized spacial score (nSPS) is 10.1. The first-order valence-electron chi connectivity index (χ1n) is 4.59. The molecule has 0 aromatic carbocycles. The first-order valence-corrected chi connectivity index (χ1v) is 5.41. The lowest BCUT2D eigenvalue weighted by Crippen LogP contribution is -2.11. The quantitative estimate of drug-likeness (QED) is 0.520. The number of carbonyl (C=O) groups excluding carboxylic acids is 1. The summed E-state index contributed by atoms with van der Waals surface area (Å²) in [7, 11) is 0. The topological polar surface area (TPSA) is 98.0 Å². The number of nitrogens with one attached hydrogen (secondary N) is 1. The molecule has 0 atom stereocenters. The van der Waals surface area contributed by atoms with E-state index in [1.165, 1.54) is 6.07 Å². The maximum absolute atomic E-state index is 12.5. The Labute approximate surface area is 103 Å². The van der Waals surface area contributed by atoms with E-state index < -0.39 is 16.8 Å². The first kappa shape index (κ1) is 12.0. The van der Waals surface area contributed by atoms with Crippen molar-refractivity contribution in [3.8, 4) is 0 Å². The predicted molar refractivity (Wildman–Crippen MR) is 60.9 cm³/mol. The van der Waals surface area contributed by atoms with Crippen LogP contribution in [-0.2, 0) is 0 Å². The van der Waals surface area contributed by atoms with Gasteiger partial charge in [-0.2, -0.15) is 4.39 Å². The number of rotatable bonds is 3. The molecule has 0 radical (unpaired) electrons. The fourth-order valence-corrected chi connectivity index (χ4v) is 1.71. The minimum absolute atomic E-state index is 0.0935. The molecule has 9 heteroatoms. The van der Waals surface area contributed by atoms with E-state index in [-0.39, 0.29) is 15.7 Å². The van der Waals surface area contributed by atoms with Crippen LogP contribution in [0.4, 0.5) is 14.5 Å². The van der Waals surface area contributed by atoms with E-state index in [0.29, 0.717) is 0 Å². The first-order chi connectivity index (χ1) is 8.56. The van der Waals surface area contributed by atoms with Crippen LogP contribution in [0.1, 0.15) is 10.4 Å². The number of amides is 1. The summed E-state index contributed by atoms with van der Waals surface area (Å²) in [5.74, 6) is -1.26. The summed E-state index contributed by atoms with van der Waals surface area (Å²) < 4.78 is 12.5. The number of pyridine rings is 1. The van der Waals surface area contributed by atoms with E-state index in [9.17, 15) is 19.3 Å². The largest absolute Gasteiger partial charge is 0.345 e. The fraction of sp³-hybridized carbons (Fsp3) is 0. The Balaban J connectivity index is 2.11. The van der Waals surface area contributed by atoms with Crippen LogP contribution in [0.15, 0.2) is 24.5 Å². The fourth-order valence-electron chi connectivity index (χ4n) is 1.09. The molecular formula is C9H5FN4O3S. The third-order valence-electron chi connectivity index (χ3n) is 1.88. The monoisotopic (exact) mass is 268 g/mol. The Morgan fingerprint density at radius 3 is 2.72 bits per heavy atom. The summed E-state index contributed by atoms with van der Waals surface area (Å²) in [6, 6.07) is 2.29. The zero-order valence-corrected chi connectivity index (χ0v) is 9.48. The summed E-state index contributed by atoms with van der Waals surface area (Å²) in [5.41, 5.74) is 0.134. The van der Waals surface area contributed by atoms with Crippen LogP contribution in [0.5, 0.6) is 0 Å². The highest BCUT2D eigenvalue weighted by Gasteiger charge is 2.14. The van der Waals surface area contributed by atoms with Crippen molar-refractivity contribution in [1.29, 1.82) is 0 Å². The molecule has 1 amide bonds. The molecule has 0 aliphatic heterocycles. The van der Waals surface area contributed by atoms with Crippen LogP contribution in [0.25, 0.3) is 0 Å². The summed E-state index contributed by atoms with van der Waals surface area (Å²) >= 11 is 0.731. The number of aromatic nitrogens is 2. The number of hydrogen-bond donors (Lipinski definition) is 1. The lowest BCUT2D eigenvalue weighted by Gasteiger charge is -1.99. The number of nitro groups is 1. The van der Waals surface area contributed by atoms with Crippen molar-refractivity contribution in [3.05, 3.63) is 46.2 Å². The Morgan fingerprint density at radius 2 is 2.17 bits per heavy atom. The minimum atomic E-state index is -0.698. The van der Waals surface area contributed by atoms with Gasteiger partial charge >= 0.3 is 5.00 Å². The maximum Gasteiger partial charge on any atom is 0.345 e. The van der Waals surface area contributed by atoms with Crippen molar-refractivity contribution in [3.63, 3.8) is 0 Å². The molecule has 2 rings (SSSR count). The Bertz CT molecular complexity index is 598. The Hall–Kier alpha value is -2.42. The molecule has 0 spiro atoms. The molecule has 0 aliphatic rings. The molecule has 7 nitrogen and oxygen atoms in total. The van der Waals surface area contributed by atoms with Gasteiger partial charge in [-0.25, -0.2) is 9.97 Å². The molecule has 0 unspecified atom stereocenters. The van der Waals surface area contributed by atoms with Crippen molar-refractivity contribution in [2.75, 3.05) is 5.32 Å². The highest BCUT2D eigenvalue weighted by molar-refractivity contribution is 7.18. The van der Waals surface area contributed by atoms with E-state index in [0.717, 1.165) is 29.8 Å². The van der Waals surface area contributed by atoms with Crippen LogP contribution >= 0.6 is 11.3 Å². The SMILES string of the molecule is O=C(Nc1ncc([N+](=O)[O-])s1)c1ccc(F)nc1. The molecule has 0 bridgehead atoms. The molecule has 2 aromatic heterocycles. The van der Waals surface area contributed by atoms with E-state index in [2.05, 4.69) is 15.3 Å². The van der Waals surface area contributed by atoms with Crippen molar-refractivity contribution < 1.29 is 14.1 Å². The smallest absolute Gasteiger partial charge is 0.298 e. The average Bonchev–Trinajstić information content (AvgIpc) is 2.78. The van der Waals surface area contributed by atoms with E-state index in [1.54, 1.807) is 0 Å². The van der Waals surface area contributed by atoms with Crippen molar-refractivity contribution >= 4 is 27.4 Å². The molecule has 1 N–H and O–H groups in total. The molecule has 92 valence electrons. The average molecular weight is 268 g/mol. The van der Waals surface area contributed by atoms with Gasteiger partial charge in [0.15, 0.2) is 5.13 Å². The van der Waals surface area contributed by atoms with Gasteiger partial charge in [0.2, 0.25) is 5.95 Å². The third-order valence-corrected chi connectivity index (χ3v) is 2.75. The second-order valence-electron chi connectivity index (χ2n) is 3.08. The second kappa shape index (κ2) is 4.84. The van der Waals surface area contributed by atoms with Crippen LogP contribution in [0, 0.1) is 16.1 Å². The van der Waals surface area contributed by atoms with Gasteiger partial charge in [-0.15, -0.1) is 0 Å². The van der Waals surface area contributed by atoms with Crippen LogP contribution in [0.2, 0.25) is 0 Å². The molecular weight excluding hydrogens is 263 g/mol. The number of nitrogens with zero attached hydrogens (tertiary/aromatic N) is 3. The van der Waals surface area contributed by atoms with Crippen LogP contribution in [0.3, 0.4) is 0 Å².